The smallest absolute Gasteiger partial charge is 0.383 e. The molecule has 1 atom stereocenters. The molecule has 1 unspecified atom stereocenters. The first-order valence-corrected chi connectivity index (χ1v) is 5.14. The van der Waals surface area contributed by atoms with E-state index in [1.54, 1.807) is 24.3 Å². The molecule has 0 aliphatic rings. The highest BCUT2D eigenvalue weighted by Gasteiger charge is 2.37. The molecule has 0 bridgehead atoms. The summed E-state index contributed by atoms with van der Waals surface area (Å²) in [6.45, 7) is 4.03. The fourth-order valence-electron chi connectivity index (χ4n) is 1.38. The van der Waals surface area contributed by atoms with Crippen LogP contribution in [0.15, 0.2) is 24.3 Å². The first-order chi connectivity index (χ1) is 7.30. The quantitative estimate of drug-likeness (QED) is 0.848. The van der Waals surface area contributed by atoms with Crippen LogP contribution in [-0.4, -0.2) is 17.4 Å². The van der Waals surface area contributed by atoms with Gasteiger partial charge in [-0.1, -0.05) is 38.1 Å². The summed E-state index contributed by atoms with van der Waals surface area (Å²) >= 11 is 0. The molecule has 0 heterocycles. The zero-order valence-corrected chi connectivity index (χ0v) is 9.25. The van der Waals surface area contributed by atoms with Gasteiger partial charge in [0.1, 0.15) is 0 Å². The number of hydrogen-bond acceptors (Lipinski definition) is 1. The summed E-state index contributed by atoms with van der Waals surface area (Å²) in [7, 11) is 0. The molecule has 0 spiro atoms. The standard InChI is InChI=1S/C12H15F3O/c1-8(2)10-5-3-9(4-6-10)7-11(16)12(13,14)15/h3-6,8,11,16H,7H2,1-2H3. The lowest BCUT2D eigenvalue weighted by Gasteiger charge is -2.14. The van der Waals surface area contributed by atoms with Gasteiger partial charge in [-0.2, -0.15) is 13.2 Å². The normalized spacial score (nSPS) is 14.2. The van der Waals surface area contributed by atoms with Crippen LogP contribution >= 0.6 is 0 Å². The molecule has 0 fully saturated rings. The second-order valence-corrected chi connectivity index (χ2v) is 4.16. The lowest BCUT2D eigenvalue weighted by molar-refractivity contribution is -0.203. The largest absolute Gasteiger partial charge is 0.414 e. The number of aliphatic hydroxyl groups is 1. The van der Waals surface area contributed by atoms with Crippen molar-refractivity contribution >= 4 is 0 Å². The molecule has 1 N–H and O–H groups in total. The zero-order chi connectivity index (χ0) is 12.3. The van der Waals surface area contributed by atoms with Crippen molar-refractivity contribution in [2.24, 2.45) is 0 Å². The number of rotatable bonds is 3. The van der Waals surface area contributed by atoms with E-state index < -0.39 is 12.3 Å². The van der Waals surface area contributed by atoms with Gasteiger partial charge in [0, 0.05) is 6.42 Å². The molecule has 0 saturated heterocycles. The van der Waals surface area contributed by atoms with Gasteiger partial charge in [0.05, 0.1) is 0 Å². The summed E-state index contributed by atoms with van der Waals surface area (Å²) in [6.07, 6.45) is -7.21. The van der Waals surface area contributed by atoms with E-state index in [0.717, 1.165) is 5.56 Å². The predicted octanol–water partition coefficient (Wildman–Crippen LogP) is 3.28. The van der Waals surface area contributed by atoms with Crippen molar-refractivity contribution in [3.8, 4) is 0 Å². The van der Waals surface area contributed by atoms with Crippen LogP contribution in [0.1, 0.15) is 30.9 Å². The Morgan fingerprint density at radius 2 is 1.62 bits per heavy atom. The molecule has 0 aliphatic carbocycles. The van der Waals surface area contributed by atoms with Crippen molar-refractivity contribution in [3.05, 3.63) is 35.4 Å². The van der Waals surface area contributed by atoms with Crippen LogP contribution < -0.4 is 0 Å². The van der Waals surface area contributed by atoms with E-state index >= 15 is 0 Å². The number of alkyl halides is 3. The molecule has 1 aromatic carbocycles. The van der Waals surface area contributed by atoms with Crippen LogP contribution in [0.4, 0.5) is 13.2 Å². The van der Waals surface area contributed by atoms with Crippen molar-refractivity contribution in [2.75, 3.05) is 0 Å². The third-order valence-electron chi connectivity index (χ3n) is 2.45. The van der Waals surface area contributed by atoms with E-state index in [4.69, 9.17) is 5.11 Å². The van der Waals surface area contributed by atoms with E-state index in [1.165, 1.54) is 0 Å². The Balaban J connectivity index is 2.69. The fourth-order valence-corrected chi connectivity index (χ4v) is 1.38. The Labute approximate surface area is 92.9 Å². The minimum Gasteiger partial charge on any atom is -0.383 e. The van der Waals surface area contributed by atoms with E-state index in [0.29, 0.717) is 11.5 Å². The highest BCUT2D eigenvalue weighted by Crippen LogP contribution is 2.23. The van der Waals surface area contributed by atoms with Gasteiger partial charge in [-0.15, -0.1) is 0 Å². The molecule has 0 aromatic heterocycles. The Bertz CT molecular complexity index is 327. The average molecular weight is 232 g/mol. The van der Waals surface area contributed by atoms with Crippen LogP contribution in [0.5, 0.6) is 0 Å². The maximum Gasteiger partial charge on any atom is 0.414 e. The maximum absolute atomic E-state index is 12.1. The van der Waals surface area contributed by atoms with E-state index in [-0.39, 0.29) is 6.42 Å². The predicted molar refractivity (Wildman–Crippen MR) is 56.3 cm³/mol. The van der Waals surface area contributed by atoms with Gasteiger partial charge in [0.2, 0.25) is 0 Å². The Morgan fingerprint density at radius 1 is 1.12 bits per heavy atom. The molecule has 1 aromatic rings. The van der Waals surface area contributed by atoms with Gasteiger partial charge in [0.25, 0.3) is 0 Å². The van der Waals surface area contributed by atoms with Gasteiger partial charge in [-0.05, 0) is 17.0 Å². The minimum atomic E-state index is -4.54. The van der Waals surface area contributed by atoms with E-state index in [2.05, 4.69) is 0 Å². The van der Waals surface area contributed by atoms with Gasteiger partial charge in [-0.3, -0.25) is 0 Å². The molecule has 0 aliphatic heterocycles. The first-order valence-electron chi connectivity index (χ1n) is 5.14. The Morgan fingerprint density at radius 3 is 2.00 bits per heavy atom. The average Bonchev–Trinajstić information content (AvgIpc) is 2.17. The Hall–Kier alpha value is -1.03. The molecule has 0 radical (unpaired) electrons. The van der Waals surface area contributed by atoms with Gasteiger partial charge in [-0.25, -0.2) is 0 Å². The van der Waals surface area contributed by atoms with Crippen molar-refractivity contribution in [1.29, 1.82) is 0 Å². The van der Waals surface area contributed by atoms with Gasteiger partial charge < -0.3 is 5.11 Å². The number of hydrogen-bond donors (Lipinski definition) is 1. The topological polar surface area (TPSA) is 20.2 Å². The molecular formula is C12H15F3O. The van der Waals surface area contributed by atoms with Crippen LogP contribution in [0.2, 0.25) is 0 Å². The van der Waals surface area contributed by atoms with Gasteiger partial charge >= 0.3 is 6.18 Å². The highest BCUT2D eigenvalue weighted by atomic mass is 19.4. The van der Waals surface area contributed by atoms with Crippen LogP contribution in [0, 0.1) is 0 Å². The van der Waals surface area contributed by atoms with Crippen molar-refractivity contribution < 1.29 is 18.3 Å². The molecule has 16 heavy (non-hydrogen) atoms. The second kappa shape index (κ2) is 4.87. The van der Waals surface area contributed by atoms with Crippen LogP contribution in [0.25, 0.3) is 0 Å². The zero-order valence-electron chi connectivity index (χ0n) is 9.25. The summed E-state index contributed by atoms with van der Waals surface area (Å²) in [6, 6.07) is 6.85. The number of aliphatic hydroxyl groups excluding tert-OH is 1. The molecule has 1 rings (SSSR count). The number of halogens is 3. The lowest BCUT2D eigenvalue weighted by Crippen LogP contribution is -2.30. The highest BCUT2D eigenvalue weighted by molar-refractivity contribution is 5.25. The Kier molecular flexibility index (Phi) is 3.97. The summed E-state index contributed by atoms with van der Waals surface area (Å²) in [5, 5.41) is 8.89. The molecule has 0 amide bonds. The lowest BCUT2D eigenvalue weighted by atomic mass is 10.00. The fraction of sp³-hybridized carbons (Fsp3) is 0.500. The molecule has 0 saturated carbocycles. The summed E-state index contributed by atoms with van der Waals surface area (Å²) in [5.74, 6) is 0.349. The second-order valence-electron chi connectivity index (χ2n) is 4.16. The molecule has 4 heteroatoms. The summed E-state index contributed by atoms with van der Waals surface area (Å²) in [5.41, 5.74) is 1.57. The first kappa shape index (κ1) is 13.0. The minimum absolute atomic E-state index is 0.349. The molecule has 90 valence electrons. The van der Waals surface area contributed by atoms with Crippen molar-refractivity contribution in [3.63, 3.8) is 0 Å². The maximum atomic E-state index is 12.1. The van der Waals surface area contributed by atoms with Crippen LogP contribution in [0.3, 0.4) is 0 Å². The van der Waals surface area contributed by atoms with Crippen molar-refractivity contribution in [1.82, 2.24) is 0 Å². The van der Waals surface area contributed by atoms with E-state index in [9.17, 15) is 13.2 Å². The van der Waals surface area contributed by atoms with E-state index in [1.807, 2.05) is 13.8 Å². The monoisotopic (exact) mass is 232 g/mol. The SMILES string of the molecule is CC(C)c1ccc(CC(O)C(F)(F)F)cc1. The third kappa shape index (κ3) is 3.52. The summed E-state index contributed by atoms with van der Waals surface area (Å²) in [4.78, 5) is 0. The van der Waals surface area contributed by atoms with Crippen molar-refractivity contribution in [2.45, 2.75) is 38.5 Å². The molecular weight excluding hydrogens is 217 g/mol. The van der Waals surface area contributed by atoms with Gasteiger partial charge in [0.15, 0.2) is 6.10 Å². The summed E-state index contributed by atoms with van der Waals surface area (Å²) < 4.78 is 36.3. The van der Waals surface area contributed by atoms with Crippen LogP contribution in [-0.2, 0) is 6.42 Å². The number of benzene rings is 1. The third-order valence-corrected chi connectivity index (χ3v) is 2.45. The molecule has 1 nitrogen and oxygen atoms in total.